The molecule has 0 saturated carbocycles. The zero-order valence-corrected chi connectivity index (χ0v) is 20.2. The first-order valence-corrected chi connectivity index (χ1v) is 12.5. The lowest BCUT2D eigenvalue weighted by Crippen LogP contribution is -2.37. The van der Waals surface area contributed by atoms with E-state index in [4.69, 9.17) is 4.74 Å². The average molecular weight is 478 g/mol. The highest BCUT2D eigenvalue weighted by molar-refractivity contribution is 7.98. The molecule has 172 valence electrons. The molecule has 2 aliphatic heterocycles. The predicted octanol–water partition coefficient (Wildman–Crippen LogP) is 5.83. The molecule has 1 fully saturated rings. The Morgan fingerprint density at radius 1 is 1.03 bits per heavy atom. The monoisotopic (exact) mass is 477 g/mol. The Kier molecular flexibility index (Phi) is 5.84. The van der Waals surface area contributed by atoms with E-state index < -0.39 is 23.4 Å². The van der Waals surface area contributed by atoms with Gasteiger partial charge in [-0.3, -0.25) is 4.79 Å². The number of benzene rings is 3. The molecule has 3 atom stereocenters. The summed E-state index contributed by atoms with van der Waals surface area (Å²) in [4.78, 5) is 17.0. The molecule has 0 N–H and O–H groups in total. The van der Waals surface area contributed by atoms with Crippen molar-refractivity contribution in [3.8, 4) is 17.9 Å². The largest absolute Gasteiger partial charge is 0.497 e. The minimum Gasteiger partial charge on any atom is -0.497 e. The van der Waals surface area contributed by atoms with Gasteiger partial charge in [-0.15, -0.1) is 11.8 Å². The standard InChI is InChI=1S/C29H23N3O2S/c1-34-22-10-13-24-21(16-22)14-15-32-26(27(33)20-6-4-3-5-7-20)25(29(17-30,18-31)28(24)32)19-8-11-23(35-2)12-9-19/h3-16,25-26,28H,1-2H3/t25-,26+,28-/m0/s1. The highest BCUT2D eigenvalue weighted by Crippen LogP contribution is 2.60. The number of thioether (sulfide) groups is 1. The van der Waals surface area contributed by atoms with Crippen LogP contribution in [0.5, 0.6) is 5.75 Å². The quantitative estimate of drug-likeness (QED) is 0.340. The van der Waals surface area contributed by atoms with Gasteiger partial charge in [-0.05, 0) is 53.3 Å². The molecule has 35 heavy (non-hydrogen) atoms. The lowest BCUT2D eigenvalue weighted by molar-refractivity contribution is 0.0874. The number of Topliss-reactive ketones (excluding diaryl/α,β-unsaturated/α-hetero) is 1. The van der Waals surface area contributed by atoms with E-state index in [1.165, 1.54) is 0 Å². The van der Waals surface area contributed by atoms with Crippen molar-refractivity contribution in [2.75, 3.05) is 13.4 Å². The van der Waals surface area contributed by atoms with Crippen molar-refractivity contribution in [3.05, 3.63) is 101 Å². The zero-order chi connectivity index (χ0) is 24.6. The molecular weight excluding hydrogens is 454 g/mol. The third kappa shape index (κ3) is 3.50. The fourth-order valence-electron chi connectivity index (χ4n) is 5.41. The first kappa shape index (κ1) is 22.8. The van der Waals surface area contributed by atoms with Gasteiger partial charge in [0.2, 0.25) is 0 Å². The van der Waals surface area contributed by atoms with Gasteiger partial charge in [-0.25, -0.2) is 0 Å². The van der Waals surface area contributed by atoms with Crippen LogP contribution < -0.4 is 4.74 Å². The summed E-state index contributed by atoms with van der Waals surface area (Å²) >= 11 is 1.62. The maximum Gasteiger partial charge on any atom is 0.185 e. The molecular formula is C29H23N3O2S. The number of nitrogens with zero attached hydrogens (tertiary/aromatic N) is 3. The van der Waals surface area contributed by atoms with E-state index in [1.54, 1.807) is 31.0 Å². The molecule has 0 bridgehead atoms. The number of carbonyl (C=O) groups excluding carboxylic acids is 1. The summed E-state index contributed by atoms with van der Waals surface area (Å²) in [5.74, 6) is -0.0622. The Morgan fingerprint density at radius 2 is 1.74 bits per heavy atom. The van der Waals surface area contributed by atoms with Gasteiger partial charge in [0, 0.05) is 22.6 Å². The van der Waals surface area contributed by atoms with Crippen molar-refractivity contribution in [1.29, 1.82) is 10.5 Å². The molecule has 3 aromatic rings. The molecule has 0 aliphatic carbocycles. The van der Waals surface area contributed by atoms with Gasteiger partial charge in [-0.2, -0.15) is 10.5 Å². The van der Waals surface area contributed by atoms with E-state index in [0.717, 1.165) is 21.6 Å². The van der Waals surface area contributed by atoms with E-state index in [-0.39, 0.29) is 5.78 Å². The Hall–Kier alpha value is -4.00. The van der Waals surface area contributed by atoms with Crippen molar-refractivity contribution in [3.63, 3.8) is 0 Å². The lowest BCUT2D eigenvalue weighted by atomic mass is 9.67. The summed E-state index contributed by atoms with van der Waals surface area (Å²) in [5.41, 5.74) is 1.60. The fraction of sp³-hybridized carbons (Fsp3) is 0.207. The predicted molar refractivity (Wildman–Crippen MR) is 136 cm³/mol. The summed E-state index contributed by atoms with van der Waals surface area (Å²) in [6, 6.07) is 26.1. The van der Waals surface area contributed by atoms with E-state index in [9.17, 15) is 15.3 Å². The second-order valence-electron chi connectivity index (χ2n) is 8.68. The van der Waals surface area contributed by atoms with Gasteiger partial charge >= 0.3 is 0 Å². The van der Waals surface area contributed by atoms with Gasteiger partial charge < -0.3 is 9.64 Å². The topological polar surface area (TPSA) is 77.1 Å². The van der Waals surface area contributed by atoms with E-state index in [1.807, 2.05) is 84.1 Å². The summed E-state index contributed by atoms with van der Waals surface area (Å²) in [6.45, 7) is 0. The fourth-order valence-corrected chi connectivity index (χ4v) is 5.82. The molecule has 3 aromatic carbocycles. The second kappa shape index (κ2) is 8.98. The van der Waals surface area contributed by atoms with Crippen LogP contribution in [0, 0.1) is 28.1 Å². The normalized spacial score (nSPS) is 21.4. The first-order chi connectivity index (χ1) is 17.1. The number of hydrogen-bond acceptors (Lipinski definition) is 6. The van der Waals surface area contributed by atoms with Crippen LogP contribution in [-0.4, -0.2) is 30.1 Å². The highest BCUT2D eigenvalue weighted by atomic mass is 32.2. The summed E-state index contributed by atoms with van der Waals surface area (Å²) in [7, 11) is 1.60. The van der Waals surface area contributed by atoms with Crippen molar-refractivity contribution in [2.24, 2.45) is 5.41 Å². The minimum absolute atomic E-state index is 0.108. The number of methoxy groups -OCH3 is 1. The maximum absolute atomic E-state index is 14.0. The number of ether oxygens (including phenoxy) is 1. The van der Waals surface area contributed by atoms with Crippen LogP contribution >= 0.6 is 11.8 Å². The number of rotatable bonds is 5. The average Bonchev–Trinajstić information content (AvgIpc) is 3.23. The zero-order valence-electron chi connectivity index (χ0n) is 19.4. The molecule has 0 radical (unpaired) electrons. The van der Waals surface area contributed by atoms with Crippen molar-refractivity contribution in [2.45, 2.75) is 22.9 Å². The Balaban J connectivity index is 1.75. The SMILES string of the molecule is COc1ccc2c(c1)C=CN1[C@@H]2C(C#N)(C#N)[C@@H](c2ccc(SC)cc2)[C@@H]1C(=O)c1ccccc1. The third-order valence-electron chi connectivity index (χ3n) is 7.04. The van der Waals surface area contributed by atoms with E-state index in [0.29, 0.717) is 11.3 Å². The molecule has 0 unspecified atom stereocenters. The summed E-state index contributed by atoms with van der Waals surface area (Å²) in [5, 5.41) is 21.2. The van der Waals surface area contributed by atoms with Gasteiger partial charge in [0.1, 0.15) is 11.8 Å². The number of hydrogen-bond donors (Lipinski definition) is 0. The molecule has 2 aliphatic rings. The van der Waals surface area contributed by atoms with Crippen LogP contribution in [0.25, 0.3) is 6.08 Å². The van der Waals surface area contributed by atoms with Crippen LogP contribution in [0.15, 0.2) is 83.9 Å². The summed E-state index contributed by atoms with van der Waals surface area (Å²) in [6.07, 6.45) is 5.79. The summed E-state index contributed by atoms with van der Waals surface area (Å²) < 4.78 is 5.39. The Bertz CT molecular complexity index is 1370. The van der Waals surface area contributed by atoms with Crippen molar-refractivity contribution >= 4 is 23.6 Å². The molecule has 0 spiro atoms. The second-order valence-corrected chi connectivity index (χ2v) is 9.56. The van der Waals surface area contributed by atoms with Crippen LogP contribution in [0.4, 0.5) is 0 Å². The van der Waals surface area contributed by atoms with Crippen LogP contribution in [0.3, 0.4) is 0 Å². The number of ketones is 1. The van der Waals surface area contributed by atoms with Gasteiger partial charge in [0.25, 0.3) is 0 Å². The van der Waals surface area contributed by atoms with Crippen LogP contribution in [0.2, 0.25) is 0 Å². The molecule has 2 heterocycles. The van der Waals surface area contributed by atoms with Gasteiger partial charge in [-0.1, -0.05) is 48.5 Å². The van der Waals surface area contributed by atoms with E-state index >= 15 is 0 Å². The Morgan fingerprint density at radius 3 is 2.37 bits per heavy atom. The molecule has 0 amide bonds. The smallest absolute Gasteiger partial charge is 0.185 e. The molecule has 1 saturated heterocycles. The number of carbonyl (C=O) groups is 1. The maximum atomic E-state index is 14.0. The van der Waals surface area contributed by atoms with Crippen LogP contribution in [-0.2, 0) is 0 Å². The molecule has 6 heteroatoms. The Labute approximate surface area is 209 Å². The van der Waals surface area contributed by atoms with Gasteiger partial charge in [0.15, 0.2) is 11.2 Å². The first-order valence-electron chi connectivity index (χ1n) is 11.3. The number of nitriles is 2. The molecule has 0 aromatic heterocycles. The molecule has 5 rings (SSSR count). The van der Waals surface area contributed by atoms with E-state index in [2.05, 4.69) is 12.1 Å². The highest BCUT2D eigenvalue weighted by Gasteiger charge is 2.63. The van der Waals surface area contributed by atoms with Gasteiger partial charge in [0.05, 0.1) is 25.3 Å². The van der Waals surface area contributed by atoms with Crippen molar-refractivity contribution < 1.29 is 9.53 Å². The van der Waals surface area contributed by atoms with Crippen molar-refractivity contribution in [1.82, 2.24) is 4.90 Å². The van der Waals surface area contributed by atoms with Crippen LogP contribution in [0.1, 0.15) is 39.0 Å². The number of fused-ring (bicyclic) bond motifs is 3. The molecule has 5 nitrogen and oxygen atoms in total. The lowest BCUT2D eigenvalue weighted by Gasteiger charge is -2.34. The minimum atomic E-state index is -1.48. The third-order valence-corrected chi connectivity index (χ3v) is 7.79.